The van der Waals surface area contributed by atoms with Crippen molar-refractivity contribution in [2.45, 2.75) is 50.0 Å². The van der Waals surface area contributed by atoms with Crippen molar-refractivity contribution >= 4 is 22.9 Å². The first-order chi connectivity index (χ1) is 16.3. The molecule has 3 aromatic rings. The molecule has 34 heavy (non-hydrogen) atoms. The van der Waals surface area contributed by atoms with E-state index in [-0.39, 0.29) is 47.7 Å². The van der Waals surface area contributed by atoms with Crippen LogP contribution in [0.3, 0.4) is 0 Å². The number of ether oxygens (including phenoxy) is 2. The van der Waals surface area contributed by atoms with Gasteiger partial charge in [-0.3, -0.25) is 18.5 Å². The molecule has 7 N–H and O–H groups in total. The molecule has 5 rings (SSSR count). The zero-order valence-electron chi connectivity index (χ0n) is 17.9. The highest BCUT2D eigenvalue weighted by molar-refractivity contribution is 5.76. The third-order valence-electron chi connectivity index (χ3n) is 6.12. The molecule has 2 fully saturated rings. The number of nitrogens with two attached hydrogens (primary N) is 2. The molecular weight excluding hydrogens is 452 g/mol. The van der Waals surface area contributed by atoms with E-state index in [1.165, 1.54) is 17.1 Å². The molecule has 0 aliphatic carbocycles. The Morgan fingerprint density at radius 2 is 1.85 bits per heavy atom. The van der Waals surface area contributed by atoms with Crippen molar-refractivity contribution < 1.29 is 24.8 Å². The molecule has 3 aromatic heterocycles. The van der Waals surface area contributed by atoms with Crippen molar-refractivity contribution in [1.82, 2.24) is 28.7 Å². The molecule has 0 aromatic carbocycles. The van der Waals surface area contributed by atoms with E-state index in [9.17, 15) is 24.9 Å². The van der Waals surface area contributed by atoms with Gasteiger partial charge in [0.05, 0.1) is 31.7 Å². The third-order valence-corrected chi connectivity index (χ3v) is 6.12. The SMILES string of the molecule is Nc1nc(=O)n(C2CC(O)C(CO)O2)cc1-n1c(N)nc(=O)c2ncn(C3CC[C@@H](CO)O3)c21. The first-order valence-corrected chi connectivity index (χ1v) is 10.7. The predicted octanol–water partition coefficient (Wildman–Crippen LogP) is -2.39. The zero-order chi connectivity index (χ0) is 24.1. The molecule has 2 aliphatic rings. The molecule has 4 unspecified atom stereocenters. The number of aromatic nitrogens is 6. The molecule has 2 saturated heterocycles. The van der Waals surface area contributed by atoms with Gasteiger partial charge in [0.1, 0.15) is 24.2 Å². The maximum atomic E-state index is 12.6. The van der Waals surface area contributed by atoms with Crippen molar-refractivity contribution in [2.24, 2.45) is 0 Å². The predicted molar refractivity (Wildman–Crippen MR) is 116 cm³/mol. The van der Waals surface area contributed by atoms with Gasteiger partial charge >= 0.3 is 11.2 Å². The Morgan fingerprint density at radius 3 is 2.53 bits per heavy atom. The van der Waals surface area contributed by atoms with Crippen LogP contribution in [0.2, 0.25) is 0 Å². The van der Waals surface area contributed by atoms with E-state index in [1.54, 1.807) is 4.57 Å². The number of imidazole rings is 1. The van der Waals surface area contributed by atoms with Crippen LogP contribution in [0, 0.1) is 0 Å². The van der Waals surface area contributed by atoms with E-state index in [4.69, 9.17) is 20.9 Å². The third kappa shape index (κ3) is 3.54. The summed E-state index contributed by atoms with van der Waals surface area (Å²) in [5.41, 5.74) is 11.2. The van der Waals surface area contributed by atoms with E-state index >= 15 is 0 Å². The first-order valence-electron chi connectivity index (χ1n) is 10.7. The highest BCUT2D eigenvalue weighted by Crippen LogP contribution is 2.33. The number of fused-ring (bicyclic) bond motifs is 1. The number of aliphatic hydroxyl groups excluding tert-OH is 3. The summed E-state index contributed by atoms with van der Waals surface area (Å²) in [7, 11) is 0. The van der Waals surface area contributed by atoms with Crippen LogP contribution in [0.4, 0.5) is 11.8 Å². The summed E-state index contributed by atoms with van der Waals surface area (Å²) in [6.07, 6.45) is 0.310. The highest BCUT2D eigenvalue weighted by Gasteiger charge is 2.36. The van der Waals surface area contributed by atoms with Gasteiger partial charge in [0.25, 0.3) is 0 Å². The topological polar surface area (TPSA) is 219 Å². The van der Waals surface area contributed by atoms with Gasteiger partial charge in [-0.2, -0.15) is 9.97 Å². The van der Waals surface area contributed by atoms with Crippen molar-refractivity contribution in [3.63, 3.8) is 0 Å². The number of hydrogen-bond acceptors (Lipinski definition) is 12. The maximum absolute atomic E-state index is 12.6. The maximum Gasteiger partial charge on any atom is 0.351 e. The minimum absolute atomic E-state index is 0.00437. The molecule has 5 atom stereocenters. The van der Waals surface area contributed by atoms with Crippen LogP contribution in [0.5, 0.6) is 0 Å². The van der Waals surface area contributed by atoms with Crippen LogP contribution in [-0.2, 0) is 9.47 Å². The lowest BCUT2D eigenvalue weighted by Gasteiger charge is -2.20. The van der Waals surface area contributed by atoms with Gasteiger partial charge in [-0.1, -0.05) is 0 Å². The van der Waals surface area contributed by atoms with Gasteiger partial charge in [0.15, 0.2) is 17.0 Å². The lowest BCUT2D eigenvalue weighted by Crippen LogP contribution is -2.30. The number of nitrogens with zero attached hydrogens (tertiary/aromatic N) is 6. The van der Waals surface area contributed by atoms with Gasteiger partial charge in [-0.05, 0) is 12.8 Å². The summed E-state index contributed by atoms with van der Waals surface area (Å²) in [5, 5.41) is 28.9. The Kier molecular flexibility index (Phi) is 5.57. The number of aliphatic hydroxyl groups is 3. The summed E-state index contributed by atoms with van der Waals surface area (Å²) in [6, 6.07) is 0. The Labute approximate surface area is 190 Å². The number of nitrogen functional groups attached to an aromatic ring is 2. The zero-order valence-corrected chi connectivity index (χ0v) is 17.9. The Hall–Kier alpha value is -3.37. The standard InChI is InChI=1S/C19H24N8O7/c20-15-9(4-25(19(32)23-15)13-3-10(30)11(6-29)34-13)27-17-14(16(31)24-18(27)21)22-7-26(17)12-2-1-8(5-28)33-12/h4,7-8,10-13,28-30H,1-3,5-6H2,(H2,20,23,32)(H2,21,24,31)/t8-,10?,11?,12?,13?/m0/s1. The minimum atomic E-state index is -0.978. The molecule has 0 spiro atoms. The molecule has 0 amide bonds. The fourth-order valence-electron chi connectivity index (χ4n) is 4.42. The smallest absolute Gasteiger partial charge is 0.351 e. The Morgan fingerprint density at radius 1 is 1.06 bits per heavy atom. The van der Waals surface area contributed by atoms with E-state index in [2.05, 4.69) is 15.0 Å². The summed E-state index contributed by atoms with van der Waals surface area (Å²) < 4.78 is 15.5. The van der Waals surface area contributed by atoms with Gasteiger partial charge < -0.3 is 36.3 Å². The summed E-state index contributed by atoms with van der Waals surface area (Å²) >= 11 is 0. The lowest BCUT2D eigenvalue weighted by molar-refractivity contribution is -0.0458. The second kappa shape index (κ2) is 8.44. The fraction of sp³-hybridized carbons (Fsp3) is 0.526. The molecule has 0 radical (unpaired) electrons. The van der Waals surface area contributed by atoms with Gasteiger partial charge in [0, 0.05) is 12.6 Å². The summed E-state index contributed by atoms with van der Waals surface area (Å²) in [4.78, 5) is 37.0. The Bertz CT molecular complexity index is 1350. The van der Waals surface area contributed by atoms with Crippen molar-refractivity contribution in [3.05, 3.63) is 33.4 Å². The van der Waals surface area contributed by atoms with Crippen LogP contribution in [0.1, 0.15) is 31.7 Å². The second-order valence-corrected chi connectivity index (χ2v) is 8.22. The Balaban J connectivity index is 1.68. The van der Waals surface area contributed by atoms with Gasteiger partial charge in [0.2, 0.25) is 5.95 Å². The van der Waals surface area contributed by atoms with Crippen molar-refractivity contribution in [3.8, 4) is 5.69 Å². The highest BCUT2D eigenvalue weighted by atomic mass is 16.5. The minimum Gasteiger partial charge on any atom is -0.394 e. The van der Waals surface area contributed by atoms with Gasteiger partial charge in [-0.25, -0.2) is 9.78 Å². The molecule has 0 bridgehead atoms. The van der Waals surface area contributed by atoms with Crippen molar-refractivity contribution in [1.29, 1.82) is 0 Å². The summed E-state index contributed by atoms with van der Waals surface area (Å²) in [5.74, 6) is -0.416. The molecule has 2 aliphatic heterocycles. The fourth-order valence-corrected chi connectivity index (χ4v) is 4.42. The monoisotopic (exact) mass is 476 g/mol. The van der Waals surface area contributed by atoms with Crippen molar-refractivity contribution in [2.75, 3.05) is 24.7 Å². The molecular formula is C19H24N8O7. The average Bonchev–Trinajstić information content (AvgIpc) is 3.52. The molecule has 5 heterocycles. The van der Waals surface area contributed by atoms with E-state index in [1.807, 2.05) is 0 Å². The van der Waals surface area contributed by atoms with Gasteiger partial charge in [-0.15, -0.1) is 0 Å². The van der Waals surface area contributed by atoms with Crippen LogP contribution >= 0.6 is 0 Å². The number of rotatable bonds is 5. The normalized spacial score (nSPS) is 27.1. The lowest BCUT2D eigenvalue weighted by atomic mass is 10.2. The van der Waals surface area contributed by atoms with Crippen LogP contribution in [0.25, 0.3) is 16.9 Å². The van der Waals surface area contributed by atoms with E-state index in [0.29, 0.717) is 12.8 Å². The largest absolute Gasteiger partial charge is 0.394 e. The number of hydrogen-bond donors (Lipinski definition) is 5. The molecule has 0 saturated carbocycles. The summed E-state index contributed by atoms with van der Waals surface area (Å²) in [6.45, 7) is -0.572. The quantitative estimate of drug-likeness (QED) is 0.260. The molecule has 15 nitrogen and oxygen atoms in total. The van der Waals surface area contributed by atoms with E-state index < -0.39 is 42.5 Å². The van der Waals surface area contributed by atoms with Crippen LogP contribution < -0.4 is 22.7 Å². The first kappa shape index (κ1) is 22.4. The van der Waals surface area contributed by atoms with E-state index in [0.717, 1.165) is 4.57 Å². The molecule has 15 heteroatoms. The van der Waals surface area contributed by atoms with Crippen LogP contribution in [0.15, 0.2) is 22.1 Å². The second-order valence-electron chi connectivity index (χ2n) is 8.22. The average molecular weight is 476 g/mol. The van der Waals surface area contributed by atoms with Crippen LogP contribution in [-0.4, -0.2) is 75.5 Å². The molecule has 182 valence electrons. The number of anilines is 2.